The minimum atomic E-state index is -0.351. The second-order valence-electron chi connectivity index (χ2n) is 6.32. The van der Waals surface area contributed by atoms with Gasteiger partial charge in [0.2, 0.25) is 0 Å². The average molecular weight is 404 g/mol. The lowest BCUT2D eigenvalue weighted by atomic mass is 10.1. The predicted molar refractivity (Wildman–Crippen MR) is 114 cm³/mol. The van der Waals surface area contributed by atoms with E-state index < -0.39 is 0 Å². The number of rotatable bonds is 5. The summed E-state index contributed by atoms with van der Waals surface area (Å²) in [6, 6.07) is 15.0. The summed E-state index contributed by atoms with van der Waals surface area (Å²) in [4.78, 5) is 23.4. The third-order valence-electron chi connectivity index (χ3n) is 4.33. The van der Waals surface area contributed by atoms with Crippen LogP contribution < -0.4 is 10.2 Å². The maximum absolute atomic E-state index is 13.1. The molecule has 0 aliphatic carbocycles. The van der Waals surface area contributed by atoms with Gasteiger partial charge in [-0.15, -0.1) is 11.3 Å². The van der Waals surface area contributed by atoms with Gasteiger partial charge in [-0.2, -0.15) is 0 Å². The van der Waals surface area contributed by atoms with Gasteiger partial charge in [0.15, 0.2) is 5.13 Å². The van der Waals surface area contributed by atoms with Crippen LogP contribution in [0.1, 0.15) is 15.9 Å². The van der Waals surface area contributed by atoms with Crippen LogP contribution in [0.25, 0.3) is 0 Å². The zero-order chi connectivity index (χ0) is 20.2. The molecule has 29 heavy (non-hydrogen) atoms. The second kappa shape index (κ2) is 8.20. The van der Waals surface area contributed by atoms with Crippen molar-refractivity contribution < 1.29 is 9.18 Å². The van der Waals surface area contributed by atoms with Crippen molar-refractivity contribution in [3.05, 3.63) is 95.5 Å². The number of aryl methyl sites for hydroxylation is 1. The summed E-state index contributed by atoms with van der Waals surface area (Å²) in [5.41, 5.74) is 3.69. The number of nitrogens with one attached hydrogen (secondary N) is 1. The van der Waals surface area contributed by atoms with Crippen LogP contribution in [0.3, 0.4) is 0 Å². The van der Waals surface area contributed by atoms with E-state index in [-0.39, 0.29) is 11.7 Å². The smallest absolute Gasteiger partial charge is 0.255 e. The van der Waals surface area contributed by atoms with Gasteiger partial charge in [-0.25, -0.2) is 9.37 Å². The Morgan fingerprint density at radius 1 is 1.10 bits per heavy atom. The number of aromatic nitrogens is 2. The summed E-state index contributed by atoms with van der Waals surface area (Å²) >= 11 is 1.50. The first-order valence-corrected chi connectivity index (χ1v) is 9.77. The van der Waals surface area contributed by atoms with E-state index in [0.29, 0.717) is 11.3 Å². The molecule has 2 aromatic heterocycles. The van der Waals surface area contributed by atoms with E-state index in [1.807, 2.05) is 41.5 Å². The van der Waals surface area contributed by atoms with Crippen molar-refractivity contribution in [3.63, 3.8) is 0 Å². The Balaban J connectivity index is 1.71. The summed E-state index contributed by atoms with van der Waals surface area (Å²) in [6.45, 7) is 1.98. The fourth-order valence-corrected chi connectivity index (χ4v) is 3.57. The Morgan fingerprint density at radius 3 is 2.62 bits per heavy atom. The number of nitrogens with zero attached hydrogens (tertiary/aromatic N) is 3. The van der Waals surface area contributed by atoms with Gasteiger partial charge in [-0.05, 0) is 61.0 Å². The quantitative estimate of drug-likeness (QED) is 0.463. The van der Waals surface area contributed by atoms with Gasteiger partial charge in [0.25, 0.3) is 5.91 Å². The first kappa shape index (κ1) is 18.8. The van der Waals surface area contributed by atoms with E-state index in [4.69, 9.17) is 0 Å². The van der Waals surface area contributed by atoms with E-state index in [2.05, 4.69) is 15.3 Å². The first-order chi connectivity index (χ1) is 14.1. The van der Waals surface area contributed by atoms with Crippen molar-refractivity contribution in [2.75, 3.05) is 10.2 Å². The van der Waals surface area contributed by atoms with Crippen LogP contribution in [-0.2, 0) is 0 Å². The summed E-state index contributed by atoms with van der Waals surface area (Å²) in [7, 11) is 0. The molecule has 4 rings (SSSR count). The summed E-state index contributed by atoms with van der Waals surface area (Å²) < 4.78 is 13.1. The highest BCUT2D eigenvalue weighted by atomic mass is 32.1. The molecule has 2 aromatic carbocycles. The maximum Gasteiger partial charge on any atom is 0.255 e. The molecular weight excluding hydrogens is 387 g/mol. The number of carbonyl (C=O) groups is 1. The minimum Gasteiger partial charge on any atom is -0.322 e. The SMILES string of the molecule is Cc1ccc(C(=O)Nc2ccc(F)cc2)cc1N(c1cccnc1)c1nccs1. The molecule has 2 heterocycles. The third-order valence-corrected chi connectivity index (χ3v) is 5.09. The average Bonchev–Trinajstić information content (AvgIpc) is 3.26. The molecule has 1 N–H and O–H groups in total. The Bertz CT molecular complexity index is 1120. The highest BCUT2D eigenvalue weighted by Crippen LogP contribution is 2.37. The van der Waals surface area contributed by atoms with Crippen LogP contribution in [0.5, 0.6) is 0 Å². The fourth-order valence-electron chi connectivity index (χ4n) is 2.89. The molecular formula is C22H17FN4OS. The monoisotopic (exact) mass is 404 g/mol. The third kappa shape index (κ3) is 4.14. The van der Waals surface area contributed by atoms with Gasteiger partial charge in [0.1, 0.15) is 5.82 Å². The van der Waals surface area contributed by atoms with Crippen LogP contribution in [0.4, 0.5) is 26.6 Å². The van der Waals surface area contributed by atoms with Crippen molar-refractivity contribution in [3.8, 4) is 0 Å². The van der Waals surface area contributed by atoms with E-state index in [1.165, 1.54) is 35.6 Å². The van der Waals surface area contributed by atoms with Crippen LogP contribution in [-0.4, -0.2) is 15.9 Å². The van der Waals surface area contributed by atoms with Crippen molar-refractivity contribution in [2.24, 2.45) is 0 Å². The second-order valence-corrected chi connectivity index (χ2v) is 7.20. The molecule has 144 valence electrons. The van der Waals surface area contributed by atoms with Crippen LogP contribution in [0.15, 0.2) is 78.6 Å². The van der Waals surface area contributed by atoms with Gasteiger partial charge in [-0.3, -0.25) is 14.7 Å². The Labute approximate surface area is 171 Å². The van der Waals surface area contributed by atoms with Crippen molar-refractivity contribution in [1.82, 2.24) is 9.97 Å². The largest absolute Gasteiger partial charge is 0.322 e. The van der Waals surface area contributed by atoms with Gasteiger partial charge < -0.3 is 5.32 Å². The first-order valence-electron chi connectivity index (χ1n) is 8.89. The predicted octanol–water partition coefficient (Wildman–Crippen LogP) is 5.71. The summed E-state index contributed by atoms with van der Waals surface area (Å²) in [5, 5.41) is 5.47. The van der Waals surface area contributed by atoms with Crippen LogP contribution in [0, 0.1) is 12.7 Å². The molecule has 4 aromatic rings. The fraction of sp³-hybridized carbons (Fsp3) is 0.0455. The molecule has 0 spiro atoms. The van der Waals surface area contributed by atoms with Gasteiger partial charge in [0, 0.05) is 29.0 Å². The number of hydrogen-bond donors (Lipinski definition) is 1. The number of anilines is 4. The standard InChI is InChI=1S/C22H17FN4OS/c1-15-4-5-16(21(28)26-18-8-6-17(23)7-9-18)13-20(15)27(22-25-11-12-29-22)19-3-2-10-24-14-19/h2-14H,1H3,(H,26,28). The maximum atomic E-state index is 13.1. The normalized spacial score (nSPS) is 10.6. The summed E-state index contributed by atoms with van der Waals surface area (Å²) in [5.74, 6) is -0.626. The van der Waals surface area contributed by atoms with Crippen molar-refractivity contribution >= 4 is 39.4 Å². The lowest BCUT2D eigenvalue weighted by Crippen LogP contribution is -2.15. The molecule has 0 atom stereocenters. The molecule has 0 aliphatic rings. The number of thiazole rings is 1. The highest BCUT2D eigenvalue weighted by Gasteiger charge is 2.19. The molecule has 1 amide bonds. The molecule has 7 heteroatoms. The molecule has 5 nitrogen and oxygen atoms in total. The number of amides is 1. The van der Waals surface area contributed by atoms with Crippen molar-refractivity contribution in [1.29, 1.82) is 0 Å². The van der Waals surface area contributed by atoms with E-state index in [1.54, 1.807) is 24.7 Å². The number of pyridine rings is 1. The Kier molecular flexibility index (Phi) is 5.31. The molecule has 0 fully saturated rings. The van der Waals surface area contributed by atoms with Gasteiger partial charge in [-0.1, -0.05) is 6.07 Å². The molecule has 0 aliphatic heterocycles. The molecule has 0 unspecified atom stereocenters. The Morgan fingerprint density at radius 2 is 1.93 bits per heavy atom. The van der Waals surface area contributed by atoms with Gasteiger partial charge >= 0.3 is 0 Å². The Hall–Kier alpha value is -3.58. The minimum absolute atomic E-state index is 0.275. The zero-order valence-electron chi connectivity index (χ0n) is 15.5. The van der Waals surface area contributed by atoms with Gasteiger partial charge in [0.05, 0.1) is 17.6 Å². The number of hydrogen-bond acceptors (Lipinski definition) is 5. The molecule has 0 saturated carbocycles. The number of benzene rings is 2. The van der Waals surface area contributed by atoms with Crippen molar-refractivity contribution in [2.45, 2.75) is 6.92 Å². The van der Waals surface area contributed by atoms with E-state index in [0.717, 1.165) is 22.1 Å². The van der Waals surface area contributed by atoms with E-state index >= 15 is 0 Å². The molecule has 0 bridgehead atoms. The zero-order valence-corrected chi connectivity index (χ0v) is 16.4. The lowest BCUT2D eigenvalue weighted by Gasteiger charge is -2.24. The number of halogens is 1. The lowest BCUT2D eigenvalue weighted by molar-refractivity contribution is 0.102. The number of carbonyl (C=O) groups excluding carboxylic acids is 1. The van der Waals surface area contributed by atoms with E-state index in [9.17, 15) is 9.18 Å². The van der Waals surface area contributed by atoms with Crippen LogP contribution >= 0.6 is 11.3 Å². The highest BCUT2D eigenvalue weighted by molar-refractivity contribution is 7.13. The molecule has 0 radical (unpaired) electrons. The molecule has 0 saturated heterocycles. The summed E-state index contributed by atoms with van der Waals surface area (Å²) in [6.07, 6.45) is 5.21. The van der Waals surface area contributed by atoms with Crippen LogP contribution in [0.2, 0.25) is 0 Å². The topological polar surface area (TPSA) is 58.1 Å².